The molecule has 0 saturated heterocycles. The van der Waals surface area contributed by atoms with Crippen molar-refractivity contribution < 1.29 is 24.5 Å². The Hall–Kier alpha value is -2.79. The van der Waals surface area contributed by atoms with Crippen LogP contribution in [0.15, 0.2) is 35.9 Å². The number of ketones is 1. The fourth-order valence-electron chi connectivity index (χ4n) is 3.99. The largest absolute Gasteiger partial charge is 0.507 e. The SMILES string of the molecule is COC(C)(C)CCCC(C)=CCOc1cc(O)c2c(c1)Cc1cc(C)cc(O)c1C2=O. The van der Waals surface area contributed by atoms with Crippen molar-refractivity contribution in [2.45, 2.75) is 59.0 Å². The predicted octanol–water partition coefficient (Wildman–Crippen LogP) is 5.46. The van der Waals surface area contributed by atoms with E-state index in [0.717, 1.165) is 30.4 Å². The topological polar surface area (TPSA) is 76.0 Å². The minimum absolute atomic E-state index is 0.0418. The summed E-state index contributed by atoms with van der Waals surface area (Å²) in [6, 6.07) is 6.75. The minimum Gasteiger partial charge on any atom is -0.507 e. The van der Waals surface area contributed by atoms with Gasteiger partial charge in [-0.2, -0.15) is 0 Å². The molecule has 0 aromatic heterocycles. The van der Waals surface area contributed by atoms with Gasteiger partial charge in [-0.1, -0.05) is 11.6 Å². The maximum absolute atomic E-state index is 12.9. The molecule has 0 fully saturated rings. The maximum Gasteiger partial charge on any atom is 0.201 e. The van der Waals surface area contributed by atoms with Crippen LogP contribution >= 0.6 is 0 Å². The van der Waals surface area contributed by atoms with Crippen molar-refractivity contribution in [3.05, 3.63) is 63.7 Å². The number of ether oxygens (including phenoxy) is 2. The normalized spacial score (nSPS) is 13.7. The zero-order valence-electron chi connectivity index (χ0n) is 19.0. The summed E-state index contributed by atoms with van der Waals surface area (Å²) in [5, 5.41) is 20.7. The van der Waals surface area contributed by atoms with Crippen molar-refractivity contribution in [3.63, 3.8) is 0 Å². The van der Waals surface area contributed by atoms with Crippen LogP contribution in [-0.4, -0.2) is 35.3 Å². The number of fused-ring (bicyclic) bond motifs is 2. The summed E-state index contributed by atoms with van der Waals surface area (Å²) in [6.07, 6.45) is 5.49. The van der Waals surface area contributed by atoms with E-state index in [1.165, 1.54) is 11.6 Å². The lowest BCUT2D eigenvalue weighted by molar-refractivity contribution is 0.0140. The van der Waals surface area contributed by atoms with E-state index < -0.39 is 0 Å². The van der Waals surface area contributed by atoms with Crippen LogP contribution in [-0.2, 0) is 11.2 Å². The molecule has 1 aliphatic carbocycles. The summed E-state index contributed by atoms with van der Waals surface area (Å²) in [6.45, 7) is 8.52. The molecule has 2 aromatic rings. The highest BCUT2D eigenvalue weighted by atomic mass is 16.5. The van der Waals surface area contributed by atoms with Gasteiger partial charge in [0.05, 0.1) is 16.7 Å². The average molecular weight is 425 g/mol. The van der Waals surface area contributed by atoms with E-state index in [1.54, 1.807) is 19.2 Å². The monoisotopic (exact) mass is 424 g/mol. The first-order chi connectivity index (χ1) is 14.6. The van der Waals surface area contributed by atoms with Crippen molar-refractivity contribution in [2.24, 2.45) is 0 Å². The van der Waals surface area contributed by atoms with Gasteiger partial charge in [0.1, 0.15) is 23.9 Å². The van der Waals surface area contributed by atoms with Gasteiger partial charge in [0, 0.05) is 13.2 Å². The number of hydrogen-bond donors (Lipinski definition) is 2. The first kappa shape index (κ1) is 22.9. The van der Waals surface area contributed by atoms with Crippen LogP contribution in [0.2, 0.25) is 0 Å². The predicted molar refractivity (Wildman–Crippen MR) is 121 cm³/mol. The van der Waals surface area contributed by atoms with Crippen molar-refractivity contribution >= 4 is 5.78 Å². The van der Waals surface area contributed by atoms with Crippen molar-refractivity contribution in [2.75, 3.05) is 13.7 Å². The van der Waals surface area contributed by atoms with Crippen molar-refractivity contribution in [1.29, 1.82) is 0 Å². The van der Waals surface area contributed by atoms with E-state index in [1.807, 2.05) is 19.1 Å². The number of allylic oxidation sites excluding steroid dienone is 1. The fourth-order valence-corrected chi connectivity index (χ4v) is 3.99. The Balaban J connectivity index is 1.68. The van der Waals surface area contributed by atoms with E-state index in [-0.39, 0.29) is 34.0 Å². The first-order valence-corrected chi connectivity index (χ1v) is 10.7. The number of phenols is 2. The molecule has 0 saturated carbocycles. The molecule has 31 heavy (non-hydrogen) atoms. The third-order valence-corrected chi connectivity index (χ3v) is 5.94. The molecular weight excluding hydrogens is 392 g/mol. The Labute approximate surface area is 184 Å². The fraction of sp³-hybridized carbons (Fsp3) is 0.423. The first-order valence-electron chi connectivity index (χ1n) is 10.7. The van der Waals surface area contributed by atoms with Crippen LogP contribution in [0.25, 0.3) is 0 Å². The van der Waals surface area contributed by atoms with Gasteiger partial charge in [0.25, 0.3) is 0 Å². The third kappa shape index (κ3) is 5.28. The van der Waals surface area contributed by atoms with Gasteiger partial charge in [-0.3, -0.25) is 4.79 Å². The van der Waals surface area contributed by atoms with Crippen molar-refractivity contribution in [1.82, 2.24) is 0 Å². The van der Waals surface area contributed by atoms with Gasteiger partial charge < -0.3 is 19.7 Å². The summed E-state index contributed by atoms with van der Waals surface area (Å²) in [5.41, 5.74) is 4.01. The number of methoxy groups -OCH3 is 1. The molecule has 0 amide bonds. The summed E-state index contributed by atoms with van der Waals surface area (Å²) in [4.78, 5) is 12.9. The number of rotatable bonds is 8. The van der Waals surface area contributed by atoms with Crippen LogP contribution < -0.4 is 4.74 Å². The second kappa shape index (κ2) is 9.15. The Bertz CT molecular complexity index is 1020. The quantitative estimate of drug-likeness (QED) is 0.470. The van der Waals surface area contributed by atoms with E-state index >= 15 is 0 Å². The van der Waals surface area contributed by atoms with Crippen molar-refractivity contribution in [3.8, 4) is 17.2 Å². The lowest BCUT2D eigenvalue weighted by Crippen LogP contribution is -2.21. The minimum atomic E-state index is -0.354. The second-order valence-corrected chi connectivity index (χ2v) is 8.98. The standard InChI is InChI=1S/C26H32O5/c1-16(7-6-9-26(3,4)30-5)8-10-31-20-14-19-13-18-11-17(2)12-21(27)23(18)25(29)24(19)22(28)15-20/h8,11-12,14-15,27-28H,6-7,9-10,13H2,1-5H3. The van der Waals surface area contributed by atoms with Gasteiger partial charge in [0.2, 0.25) is 5.78 Å². The molecule has 0 unspecified atom stereocenters. The number of carbonyl (C=O) groups is 1. The molecule has 1 aliphatic rings. The summed E-state index contributed by atoms with van der Waals surface area (Å²) >= 11 is 0. The highest BCUT2D eigenvalue weighted by Crippen LogP contribution is 2.39. The summed E-state index contributed by atoms with van der Waals surface area (Å²) in [5.74, 6) is 0.00645. The number of benzene rings is 2. The van der Waals surface area contributed by atoms with Crippen LogP contribution in [0.3, 0.4) is 0 Å². The summed E-state index contributed by atoms with van der Waals surface area (Å²) in [7, 11) is 1.74. The number of aromatic hydroxyl groups is 2. The van der Waals surface area contributed by atoms with Crippen LogP contribution in [0.5, 0.6) is 17.2 Å². The highest BCUT2D eigenvalue weighted by molar-refractivity contribution is 6.15. The Morgan fingerprint density at radius 1 is 1.10 bits per heavy atom. The maximum atomic E-state index is 12.9. The highest BCUT2D eigenvalue weighted by Gasteiger charge is 2.29. The number of aryl methyl sites for hydroxylation is 1. The number of phenolic OH excluding ortho intramolecular Hbond substituents is 2. The second-order valence-electron chi connectivity index (χ2n) is 8.98. The molecule has 0 radical (unpaired) electrons. The van der Waals surface area contributed by atoms with Crippen LogP contribution in [0, 0.1) is 6.92 Å². The molecule has 0 spiro atoms. The van der Waals surface area contributed by atoms with Crippen LogP contribution in [0.4, 0.5) is 0 Å². The summed E-state index contributed by atoms with van der Waals surface area (Å²) < 4.78 is 11.3. The van der Waals surface area contributed by atoms with E-state index in [2.05, 4.69) is 20.8 Å². The molecule has 0 atom stereocenters. The Morgan fingerprint density at radius 2 is 1.74 bits per heavy atom. The smallest absolute Gasteiger partial charge is 0.201 e. The van der Waals surface area contributed by atoms with E-state index in [9.17, 15) is 15.0 Å². The molecule has 2 aromatic carbocycles. The number of hydrogen-bond acceptors (Lipinski definition) is 5. The molecule has 5 nitrogen and oxygen atoms in total. The zero-order chi connectivity index (χ0) is 22.8. The molecule has 5 heteroatoms. The Kier molecular flexibility index (Phi) is 6.75. The molecule has 166 valence electrons. The van der Waals surface area contributed by atoms with Gasteiger partial charge >= 0.3 is 0 Å². The number of carbonyl (C=O) groups excluding carboxylic acids is 1. The molecule has 0 aliphatic heterocycles. The van der Waals surface area contributed by atoms with Gasteiger partial charge in [-0.25, -0.2) is 0 Å². The zero-order valence-corrected chi connectivity index (χ0v) is 19.0. The molecule has 0 bridgehead atoms. The molecule has 3 rings (SSSR count). The average Bonchev–Trinajstić information content (AvgIpc) is 2.66. The third-order valence-electron chi connectivity index (χ3n) is 5.94. The van der Waals surface area contributed by atoms with E-state index in [0.29, 0.717) is 24.3 Å². The Morgan fingerprint density at radius 3 is 2.42 bits per heavy atom. The van der Waals surface area contributed by atoms with Gasteiger partial charge in [-0.05, 0) is 88.3 Å². The van der Waals surface area contributed by atoms with Crippen LogP contribution in [0.1, 0.15) is 72.6 Å². The lowest BCUT2D eigenvalue weighted by Gasteiger charge is -2.22. The molecular formula is C26H32O5. The molecule has 0 heterocycles. The van der Waals surface area contributed by atoms with Gasteiger partial charge in [-0.15, -0.1) is 0 Å². The van der Waals surface area contributed by atoms with E-state index in [4.69, 9.17) is 9.47 Å². The van der Waals surface area contributed by atoms with Gasteiger partial charge in [0.15, 0.2) is 0 Å². The molecule has 2 N–H and O–H groups in total. The lowest BCUT2D eigenvalue weighted by atomic mass is 9.83.